The average Bonchev–Trinajstić information content (AvgIpc) is 3.09. The third-order valence-electron chi connectivity index (χ3n) is 8.15. The van der Waals surface area contributed by atoms with Crippen LogP contribution in [0.2, 0.25) is 0 Å². The maximum Gasteiger partial charge on any atom is 0.356 e. The number of amides is 1. The molecule has 0 spiro atoms. The molecule has 9 heteroatoms. The molecule has 46 heavy (non-hydrogen) atoms. The Bertz CT molecular complexity index is 1720. The number of fused-ring (bicyclic) bond motifs is 1. The highest BCUT2D eigenvalue weighted by atomic mass is 32.2. The molecule has 0 radical (unpaired) electrons. The normalized spacial score (nSPS) is 19.0. The lowest BCUT2D eigenvalue weighted by atomic mass is 9.89. The van der Waals surface area contributed by atoms with E-state index in [1.165, 1.54) is 4.90 Å². The van der Waals surface area contributed by atoms with Crippen molar-refractivity contribution in [1.82, 2.24) is 4.90 Å². The number of aliphatic hydroxyl groups excluding tert-OH is 1. The summed E-state index contributed by atoms with van der Waals surface area (Å²) in [5.74, 6) is -1.65. The molecule has 1 amide bonds. The van der Waals surface area contributed by atoms with Gasteiger partial charge < -0.3 is 14.6 Å². The van der Waals surface area contributed by atoms with E-state index in [0.717, 1.165) is 16.7 Å². The van der Waals surface area contributed by atoms with E-state index in [2.05, 4.69) is 0 Å². The summed E-state index contributed by atoms with van der Waals surface area (Å²) >= 11 is 0. The fourth-order valence-electron chi connectivity index (χ4n) is 5.85. The summed E-state index contributed by atoms with van der Waals surface area (Å²) in [5.41, 5.74) is 3.42. The van der Waals surface area contributed by atoms with Gasteiger partial charge in [0.2, 0.25) is 5.91 Å². The predicted octanol–water partition coefficient (Wildman–Crippen LogP) is 4.89. The highest BCUT2D eigenvalue weighted by Crippen LogP contribution is 2.42. The van der Waals surface area contributed by atoms with Crippen molar-refractivity contribution in [3.05, 3.63) is 149 Å². The lowest BCUT2D eigenvalue weighted by Crippen LogP contribution is -2.66. The van der Waals surface area contributed by atoms with Crippen molar-refractivity contribution in [2.75, 3.05) is 12.4 Å². The van der Waals surface area contributed by atoms with Crippen molar-refractivity contribution in [2.45, 2.75) is 30.9 Å². The van der Waals surface area contributed by atoms with Crippen molar-refractivity contribution >= 4 is 28.5 Å². The molecule has 0 saturated carbocycles. The Hall–Kier alpha value is -4.86. The summed E-state index contributed by atoms with van der Waals surface area (Å²) in [5, 5.41) is 8.54. The fraction of sp³-hybridized carbons (Fsp3) is 0.216. The van der Waals surface area contributed by atoms with E-state index < -0.39 is 40.1 Å². The van der Waals surface area contributed by atoms with Gasteiger partial charge in [-0.05, 0) is 34.4 Å². The Balaban J connectivity index is 1.29. The second-order valence-corrected chi connectivity index (χ2v) is 12.8. The molecule has 1 N–H and O–H groups in total. The van der Waals surface area contributed by atoms with Crippen LogP contribution < -0.4 is 4.74 Å². The van der Waals surface area contributed by atoms with Crippen molar-refractivity contribution in [2.24, 2.45) is 5.92 Å². The van der Waals surface area contributed by atoms with Gasteiger partial charge in [0.1, 0.15) is 29.2 Å². The van der Waals surface area contributed by atoms with E-state index in [9.17, 15) is 23.7 Å². The molecule has 1 unspecified atom stereocenters. The van der Waals surface area contributed by atoms with Gasteiger partial charge in [-0.2, -0.15) is 0 Å². The standard InChI is InChI=1S/C37H33NO7S/c39-22-26-16-18-31(19-17-26)44-23-29-24-46(43)36-32(21-30(40)20-25-10-4-1-5-11-25)35(41)38(36)33(29)37(42)45-34(27-12-6-2-7-13-27)28-14-8-3-9-15-28/h1-19,32,34,36,39H,20-24H2/t32-,36-,46?/m1/s1. The number of aliphatic hydroxyl groups is 1. The third kappa shape index (κ3) is 6.71. The van der Waals surface area contributed by atoms with Gasteiger partial charge in [0.05, 0.1) is 18.3 Å². The zero-order valence-electron chi connectivity index (χ0n) is 25.0. The smallest absolute Gasteiger partial charge is 0.356 e. The first kappa shape index (κ1) is 31.1. The third-order valence-corrected chi connectivity index (χ3v) is 9.86. The summed E-state index contributed by atoms with van der Waals surface area (Å²) in [6.45, 7) is -0.220. The number of carbonyl (C=O) groups is 3. The zero-order chi connectivity index (χ0) is 32.0. The first-order valence-electron chi connectivity index (χ1n) is 15.0. The molecule has 8 nitrogen and oxygen atoms in total. The number of ketones is 1. The molecule has 6 rings (SSSR count). The Morgan fingerprint density at radius 3 is 2.00 bits per heavy atom. The molecule has 3 atom stereocenters. The first-order valence-corrected chi connectivity index (χ1v) is 16.4. The number of Topliss-reactive ketones (excluding diaryl/α,β-unsaturated/α-hetero) is 1. The monoisotopic (exact) mass is 635 g/mol. The van der Waals surface area contributed by atoms with E-state index in [4.69, 9.17) is 9.47 Å². The van der Waals surface area contributed by atoms with E-state index >= 15 is 0 Å². The molecule has 0 aliphatic carbocycles. The molecule has 1 saturated heterocycles. The summed E-state index contributed by atoms with van der Waals surface area (Å²) in [7, 11) is -1.58. The van der Waals surface area contributed by atoms with Crippen LogP contribution in [0.15, 0.2) is 127 Å². The lowest BCUT2D eigenvalue weighted by molar-refractivity contribution is -0.157. The first-order chi connectivity index (χ1) is 22.4. The largest absolute Gasteiger partial charge is 0.489 e. The lowest BCUT2D eigenvalue weighted by Gasteiger charge is -2.49. The summed E-state index contributed by atoms with van der Waals surface area (Å²) in [6.07, 6.45) is -0.664. The van der Waals surface area contributed by atoms with Crippen LogP contribution >= 0.6 is 0 Å². The molecular formula is C37H33NO7S. The number of hydrogen-bond donors (Lipinski definition) is 1. The summed E-state index contributed by atoms with van der Waals surface area (Å²) < 4.78 is 25.8. The minimum Gasteiger partial charge on any atom is -0.489 e. The highest BCUT2D eigenvalue weighted by Gasteiger charge is 2.57. The predicted molar refractivity (Wildman–Crippen MR) is 173 cm³/mol. The quantitative estimate of drug-likeness (QED) is 0.174. The molecule has 2 heterocycles. The van der Waals surface area contributed by atoms with Crippen LogP contribution in [0.4, 0.5) is 0 Å². The molecule has 0 aromatic heterocycles. The Kier molecular flexibility index (Phi) is 9.51. The summed E-state index contributed by atoms with van der Waals surface area (Å²) in [4.78, 5) is 42.1. The van der Waals surface area contributed by atoms with Gasteiger partial charge in [-0.15, -0.1) is 0 Å². The van der Waals surface area contributed by atoms with Gasteiger partial charge in [0, 0.05) is 29.2 Å². The molecule has 1 fully saturated rings. The van der Waals surface area contributed by atoms with Gasteiger partial charge in [0.25, 0.3) is 0 Å². The molecule has 0 bridgehead atoms. The maximum atomic E-state index is 14.1. The van der Waals surface area contributed by atoms with Crippen LogP contribution in [0, 0.1) is 5.92 Å². The van der Waals surface area contributed by atoms with Crippen molar-refractivity contribution in [1.29, 1.82) is 0 Å². The van der Waals surface area contributed by atoms with Crippen LogP contribution in [-0.4, -0.2) is 49.6 Å². The van der Waals surface area contributed by atoms with E-state index in [1.807, 2.05) is 91.0 Å². The molecule has 4 aromatic carbocycles. The number of ether oxygens (including phenoxy) is 2. The molecule has 2 aliphatic heterocycles. The number of nitrogens with zero attached hydrogens (tertiary/aromatic N) is 1. The van der Waals surface area contributed by atoms with Crippen LogP contribution in [0.5, 0.6) is 5.75 Å². The maximum absolute atomic E-state index is 14.1. The van der Waals surface area contributed by atoms with Crippen molar-refractivity contribution in [3.63, 3.8) is 0 Å². The minimum absolute atomic E-state index is 0.00481. The topological polar surface area (TPSA) is 110 Å². The van der Waals surface area contributed by atoms with Crippen molar-refractivity contribution in [3.8, 4) is 5.75 Å². The Morgan fingerprint density at radius 1 is 0.826 bits per heavy atom. The van der Waals surface area contributed by atoms with E-state index in [-0.39, 0.29) is 43.3 Å². The van der Waals surface area contributed by atoms with Crippen molar-refractivity contribution < 1.29 is 33.2 Å². The van der Waals surface area contributed by atoms with Gasteiger partial charge in [-0.1, -0.05) is 103 Å². The second-order valence-electron chi connectivity index (χ2n) is 11.3. The van der Waals surface area contributed by atoms with Crippen LogP contribution in [0.25, 0.3) is 0 Å². The minimum atomic E-state index is -1.58. The van der Waals surface area contributed by atoms with Gasteiger partial charge in [-0.3, -0.25) is 18.7 Å². The molecule has 234 valence electrons. The van der Waals surface area contributed by atoms with Gasteiger partial charge in [0.15, 0.2) is 6.10 Å². The number of rotatable bonds is 12. The molecule has 4 aromatic rings. The van der Waals surface area contributed by atoms with Gasteiger partial charge >= 0.3 is 5.97 Å². The average molecular weight is 636 g/mol. The van der Waals surface area contributed by atoms with E-state index in [1.54, 1.807) is 24.3 Å². The van der Waals surface area contributed by atoms with Gasteiger partial charge in [-0.25, -0.2) is 4.79 Å². The highest BCUT2D eigenvalue weighted by molar-refractivity contribution is 7.86. The number of benzene rings is 4. The Morgan fingerprint density at radius 2 is 1.41 bits per heavy atom. The number of hydrogen-bond acceptors (Lipinski definition) is 7. The Labute approximate surface area is 269 Å². The van der Waals surface area contributed by atoms with E-state index in [0.29, 0.717) is 16.9 Å². The number of carbonyl (C=O) groups excluding carboxylic acids is 3. The molecular weight excluding hydrogens is 602 g/mol. The zero-order valence-corrected chi connectivity index (χ0v) is 25.8. The fourth-order valence-corrected chi connectivity index (χ4v) is 7.61. The van der Waals surface area contributed by atoms with Crippen LogP contribution in [0.3, 0.4) is 0 Å². The SMILES string of the molecule is O=C(Cc1ccccc1)C[C@@H]1C(=O)N2C(C(=O)OC(c3ccccc3)c3ccccc3)=C(COc3ccc(CO)cc3)CS(=O)[C@H]12. The number of β-lactam (4-membered cyclic amide) rings is 1. The molecule has 2 aliphatic rings. The second kappa shape index (κ2) is 14.1. The number of esters is 1. The van der Waals surface area contributed by atoms with Crippen LogP contribution in [0.1, 0.15) is 34.8 Å². The van der Waals surface area contributed by atoms with Crippen LogP contribution in [-0.2, 0) is 42.9 Å². The summed E-state index contributed by atoms with van der Waals surface area (Å²) in [6, 6.07) is 34.7.